The number of nitrogens with zero attached hydrogens (tertiary/aromatic N) is 1. The van der Waals surface area contributed by atoms with Crippen LogP contribution in [-0.4, -0.2) is 50.8 Å². The van der Waals surface area contributed by atoms with E-state index in [1.807, 2.05) is 13.8 Å². The van der Waals surface area contributed by atoms with Crippen molar-refractivity contribution in [2.24, 2.45) is 11.7 Å². The fraction of sp³-hybridized carbons (Fsp3) is 1.00. The van der Waals surface area contributed by atoms with Gasteiger partial charge in [0, 0.05) is 19.6 Å². The third-order valence-electron chi connectivity index (χ3n) is 2.81. The van der Waals surface area contributed by atoms with E-state index in [1.54, 1.807) is 4.31 Å². The topological polar surface area (TPSA) is 72.6 Å². The van der Waals surface area contributed by atoms with Gasteiger partial charge < -0.3 is 10.5 Å². The molecule has 1 aliphatic rings. The highest BCUT2D eigenvalue weighted by atomic mass is 32.2. The number of rotatable bonds is 6. The predicted octanol–water partition coefficient (Wildman–Crippen LogP) is 0.412. The second kappa shape index (κ2) is 6.68. The van der Waals surface area contributed by atoms with Crippen molar-refractivity contribution in [3.63, 3.8) is 0 Å². The summed E-state index contributed by atoms with van der Waals surface area (Å²) in [5.41, 5.74) is 5.37. The average Bonchev–Trinajstić information content (AvgIpc) is 2.25. The van der Waals surface area contributed by atoms with Crippen molar-refractivity contribution < 1.29 is 13.2 Å². The Labute approximate surface area is 104 Å². The lowest BCUT2D eigenvalue weighted by Gasteiger charge is -2.31. The minimum atomic E-state index is -3.07. The maximum Gasteiger partial charge on any atom is 0.214 e. The number of hydrogen-bond acceptors (Lipinski definition) is 4. The molecule has 0 radical (unpaired) electrons. The molecule has 0 aromatic heterocycles. The second-order valence-electron chi connectivity index (χ2n) is 4.93. The molecule has 0 bridgehead atoms. The summed E-state index contributed by atoms with van der Waals surface area (Å²) in [6.45, 7) is 6.08. The van der Waals surface area contributed by atoms with Gasteiger partial charge in [0.05, 0.1) is 18.5 Å². The molecule has 0 saturated carbocycles. The quantitative estimate of drug-likeness (QED) is 0.754. The van der Waals surface area contributed by atoms with Gasteiger partial charge in [-0.2, -0.15) is 0 Å². The van der Waals surface area contributed by atoms with Crippen LogP contribution in [-0.2, 0) is 14.8 Å². The molecule has 1 rings (SSSR count). The van der Waals surface area contributed by atoms with E-state index in [2.05, 4.69) is 0 Å². The number of ether oxygens (including phenoxy) is 1. The van der Waals surface area contributed by atoms with E-state index >= 15 is 0 Å². The van der Waals surface area contributed by atoms with Crippen molar-refractivity contribution in [1.29, 1.82) is 0 Å². The molecule has 0 aromatic carbocycles. The lowest BCUT2D eigenvalue weighted by atomic mass is 10.1. The average molecular weight is 264 g/mol. The number of nitrogens with two attached hydrogens (primary N) is 1. The Morgan fingerprint density at radius 3 is 2.41 bits per heavy atom. The van der Waals surface area contributed by atoms with Crippen LogP contribution in [0.25, 0.3) is 0 Å². The molecule has 0 atom stereocenters. The van der Waals surface area contributed by atoms with Gasteiger partial charge in [-0.15, -0.1) is 0 Å². The van der Waals surface area contributed by atoms with Crippen LogP contribution in [0.3, 0.4) is 0 Å². The van der Waals surface area contributed by atoms with Crippen molar-refractivity contribution in [3.8, 4) is 0 Å². The molecule has 1 saturated heterocycles. The van der Waals surface area contributed by atoms with Gasteiger partial charge in [-0.1, -0.05) is 13.8 Å². The Morgan fingerprint density at radius 1 is 1.35 bits per heavy atom. The fourth-order valence-electron chi connectivity index (χ4n) is 2.04. The van der Waals surface area contributed by atoms with Crippen LogP contribution in [0.4, 0.5) is 0 Å². The van der Waals surface area contributed by atoms with Crippen LogP contribution >= 0.6 is 0 Å². The normalized spacial score (nSPS) is 20.0. The van der Waals surface area contributed by atoms with Gasteiger partial charge in [0.2, 0.25) is 10.0 Å². The summed E-state index contributed by atoms with van der Waals surface area (Å²) >= 11 is 0. The molecule has 0 aliphatic carbocycles. The van der Waals surface area contributed by atoms with Crippen molar-refractivity contribution in [2.45, 2.75) is 32.8 Å². The number of piperidine rings is 1. The predicted molar refractivity (Wildman–Crippen MR) is 68.2 cm³/mol. The third-order valence-corrected chi connectivity index (χ3v) is 5.05. The molecular weight excluding hydrogens is 240 g/mol. The summed E-state index contributed by atoms with van der Waals surface area (Å²) in [6, 6.07) is 0. The summed E-state index contributed by atoms with van der Waals surface area (Å²) in [5.74, 6) is 0.410. The number of sulfonamides is 1. The summed E-state index contributed by atoms with van der Waals surface area (Å²) in [6.07, 6.45) is 1.72. The van der Waals surface area contributed by atoms with Gasteiger partial charge in [0.25, 0.3) is 0 Å². The van der Waals surface area contributed by atoms with Gasteiger partial charge in [-0.05, 0) is 18.8 Å². The highest BCUT2D eigenvalue weighted by Crippen LogP contribution is 2.18. The zero-order chi connectivity index (χ0) is 12.9. The van der Waals surface area contributed by atoms with E-state index in [1.165, 1.54) is 0 Å². The Balaban J connectivity index is 2.41. The first kappa shape index (κ1) is 14.9. The molecule has 102 valence electrons. The van der Waals surface area contributed by atoms with Crippen molar-refractivity contribution in [1.82, 2.24) is 4.31 Å². The van der Waals surface area contributed by atoms with E-state index in [-0.39, 0.29) is 17.8 Å². The maximum absolute atomic E-state index is 12.0. The minimum Gasteiger partial charge on any atom is -0.377 e. The Bertz CT molecular complexity index is 309. The van der Waals surface area contributed by atoms with E-state index in [0.29, 0.717) is 26.2 Å². The molecule has 2 N–H and O–H groups in total. The van der Waals surface area contributed by atoms with Crippen LogP contribution in [0.15, 0.2) is 0 Å². The molecule has 0 amide bonds. The molecule has 6 heteroatoms. The molecule has 0 aromatic rings. The monoisotopic (exact) mass is 264 g/mol. The lowest BCUT2D eigenvalue weighted by molar-refractivity contribution is 0.0257. The van der Waals surface area contributed by atoms with Crippen LogP contribution < -0.4 is 5.73 Å². The third kappa shape index (κ3) is 4.91. The second-order valence-corrected chi connectivity index (χ2v) is 6.94. The summed E-state index contributed by atoms with van der Waals surface area (Å²) in [4.78, 5) is 0. The molecule has 0 spiro atoms. The zero-order valence-electron chi connectivity index (χ0n) is 10.8. The van der Waals surface area contributed by atoms with E-state index < -0.39 is 10.0 Å². The maximum atomic E-state index is 12.0. The Kier molecular flexibility index (Phi) is 5.85. The van der Waals surface area contributed by atoms with E-state index in [9.17, 15) is 8.42 Å². The first-order valence-corrected chi connectivity index (χ1v) is 7.86. The first-order valence-electron chi connectivity index (χ1n) is 6.25. The van der Waals surface area contributed by atoms with Gasteiger partial charge in [0.1, 0.15) is 0 Å². The molecular formula is C11H24N2O3S. The smallest absolute Gasteiger partial charge is 0.214 e. The van der Waals surface area contributed by atoms with Crippen molar-refractivity contribution in [3.05, 3.63) is 0 Å². The lowest BCUT2D eigenvalue weighted by Crippen LogP contribution is -2.42. The molecule has 1 fully saturated rings. The summed E-state index contributed by atoms with van der Waals surface area (Å²) < 4.78 is 31.1. The summed E-state index contributed by atoms with van der Waals surface area (Å²) in [5, 5.41) is 0. The molecule has 1 aliphatic heterocycles. The Hall–Kier alpha value is -0.170. The van der Waals surface area contributed by atoms with E-state index in [4.69, 9.17) is 10.5 Å². The molecule has 17 heavy (non-hydrogen) atoms. The Morgan fingerprint density at radius 2 is 1.94 bits per heavy atom. The van der Waals surface area contributed by atoms with Crippen LogP contribution in [0.5, 0.6) is 0 Å². The van der Waals surface area contributed by atoms with E-state index in [0.717, 1.165) is 12.8 Å². The van der Waals surface area contributed by atoms with Gasteiger partial charge in [-0.25, -0.2) is 12.7 Å². The SMILES string of the molecule is CC(C)CS(=O)(=O)N1CCC(OCCN)CC1. The van der Waals surface area contributed by atoms with Crippen molar-refractivity contribution in [2.75, 3.05) is 32.0 Å². The largest absolute Gasteiger partial charge is 0.377 e. The first-order chi connectivity index (χ1) is 7.95. The zero-order valence-corrected chi connectivity index (χ0v) is 11.6. The highest BCUT2D eigenvalue weighted by Gasteiger charge is 2.28. The molecule has 5 nitrogen and oxygen atoms in total. The van der Waals surface area contributed by atoms with Crippen LogP contribution in [0, 0.1) is 5.92 Å². The fourth-order valence-corrected chi connectivity index (χ4v) is 3.86. The highest BCUT2D eigenvalue weighted by molar-refractivity contribution is 7.89. The van der Waals surface area contributed by atoms with Crippen LogP contribution in [0.2, 0.25) is 0 Å². The van der Waals surface area contributed by atoms with Gasteiger partial charge in [-0.3, -0.25) is 0 Å². The molecule has 0 unspecified atom stereocenters. The number of hydrogen-bond donors (Lipinski definition) is 1. The molecule has 1 heterocycles. The minimum absolute atomic E-state index is 0.170. The van der Waals surface area contributed by atoms with Crippen molar-refractivity contribution >= 4 is 10.0 Å². The van der Waals surface area contributed by atoms with Gasteiger partial charge >= 0.3 is 0 Å². The summed E-state index contributed by atoms with van der Waals surface area (Å²) in [7, 11) is -3.07. The van der Waals surface area contributed by atoms with Crippen LogP contribution in [0.1, 0.15) is 26.7 Å². The van der Waals surface area contributed by atoms with Gasteiger partial charge in [0.15, 0.2) is 0 Å². The standard InChI is InChI=1S/C11H24N2O3S/c1-10(2)9-17(14,15)13-6-3-11(4-7-13)16-8-5-12/h10-11H,3-9,12H2,1-2H3.